The molecule has 0 saturated carbocycles. The van der Waals surface area contributed by atoms with Gasteiger partial charge in [0.1, 0.15) is 5.75 Å². The summed E-state index contributed by atoms with van der Waals surface area (Å²) in [5, 5.41) is 0. The second kappa shape index (κ2) is 6.08. The predicted molar refractivity (Wildman–Crippen MR) is 90.3 cm³/mol. The topological polar surface area (TPSA) is 38.5 Å². The van der Waals surface area contributed by atoms with Crippen molar-refractivity contribution < 1.29 is 4.74 Å². The van der Waals surface area contributed by atoms with Gasteiger partial charge in [-0.25, -0.2) is 0 Å². The Morgan fingerprint density at radius 2 is 2.00 bits per heavy atom. The summed E-state index contributed by atoms with van der Waals surface area (Å²) in [7, 11) is 0. The summed E-state index contributed by atoms with van der Waals surface area (Å²) in [6, 6.07) is 14.5. The van der Waals surface area contributed by atoms with Crippen LogP contribution in [0, 0.1) is 0 Å². The van der Waals surface area contributed by atoms with Gasteiger partial charge in [-0.1, -0.05) is 28.1 Å². The first-order valence-electron chi connectivity index (χ1n) is 7.21. The first-order valence-corrected chi connectivity index (χ1v) is 8.00. The molecule has 1 atom stereocenters. The van der Waals surface area contributed by atoms with Gasteiger partial charge in [0.2, 0.25) is 0 Å². The number of rotatable bonds is 2. The molecule has 0 radical (unpaired) electrons. The molecule has 2 aromatic rings. The Morgan fingerprint density at radius 3 is 2.81 bits per heavy atom. The zero-order chi connectivity index (χ0) is 14.8. The summed E-state index contributed by atoms with van der Waals surface area (Å²) in [6.07, 6.45) is 0.989. The molecule has 0 fully saturated rings. The molecule has 0 amide bonds. The zero-order valence-electron chi connectivity index (χ0n) is 12.1. The SMILES string of the molecule is CC(N)c1cc(Br)ccc1N1CCCOc2ccccc21. The Bertz CT molecular complexity index is 642. The van der Waals surface area contributed by atoms with Crippen molar-refractivity contribution in [2.24, 2.45) is 5.73 Å². The molecule has 0 spiro atoms. The molecular weight excluding hydrogens is 328 g/mol. The van der Waals surface area contributed by atoms with Gasteiger partial charge in [-0.15, -0.1) is 0 Å². The van der Waals surface area contributed by atoms with E-state index in [9.17, 15) is 0 Å². The number of benzene rings is 2. The number of anilines is 2. The van der Waals surface area contributed by atoms with Crippen LogP contribution in [-0.4, -0.2) is 13.2 Å². The summed E-state index contributed by atoms with van der Waals surface area (Å²) in [5.74, 6) is 0.938. The minimum atomic E-state index is -0.0196. The maximum atomic E-state index is 6.17. The highest BCUT2D eigenvalue weighted by Gasteiger charge is 2.20. The van der Waals surface area contributed by atoms with Crippen molar-refractivity contribution in [3.05, 3.63) is 52.5 Å². The molecule has 1 unspecified atom stereocenters. The van der Waals surface area contributed by atoms with E-state index in [1.54, 1.807) is 0 Å². The van der Waals surface area contributed by atoms with Crippen molar-refractivity contribution in [3.8, 4) is 5.75 Å². The molecule has 110 valence electrons. The Labute approximate surface area is 133 Å². The Hall–Kier alpha value is -1.52. The molecule has 0 aliphatic carbocycles. The van der Waals surface area contributed by atoms with Gasteiger partial charge in [-0.3, -0.25) is 0 Å². The molecule has 1 aliphatic heterocycles. The predicted octanol–water partition coefficient (Wildman–Crippen LogP) is 4.39. The van der Waals surface area contributed by atoms with E-state index < -0.39 is 0 Å². The van der Waals surface area contributed by atoms with Crippen molar-refractivity contribution in [2.45, 2.75) is 19.4 Å². The molecule has 1 aliphatic rings. The summed E-state index contributed by atoms with van der Waals surface area (Å²) in [6.45, 7) is 3.70. The highest BCUT2D eigenvalue weighted by atomic mass is 79.9. The van der Waals surface area contributed by atoms with E-state index in [0.29, 0.717) is 0 Å². The molecule has 0 bridgehead atoms. The van der Waals surface area contributed by atoms with Crippen molar-refractivity contribution in [1.82, 2.24) is 0 Å². The van der Waals surface area contributed by atoms with E-state index in [-0.39, 0.29) is 6.04 Å². The molecule has 2 aromatic carbocycles. The van der Waals surface area contributed by atoms with Crippen LogP contribution in [0.5, 0.6) is 5.75 Å². The van der Waals surface area contributed by atoms with Crippen LogP contribution >= 0.6 is 15.9 Å². The fourth-order valence-electron chi connectivity index (χ4n) is 2.71. The summed E-state index contributed by atoms with van der Waals surface area (Å²) in [4.78, 5) is 2.31. The van der Waals surface area contributed by atoms with Crippen molar-refractivity contribution in [3.63, 3.8) is 0 Å². The van der Waals surface area contributed by atoms with Crippen molar-refractivity contribution >= 4 is 27.3 Å². The highest BCUT2D eigenvalue weighted by Crippen LogP contribution is 2.39. The van der Waals surface area contributed by atoms with Gasteiger partial charge < -0.3 is 15.4 Å². The maximum Gasteiger partial charge on any atom is 0.142 e. The second-order valence-corrected chi connectivity index (χ2v) is 6.23. The first kappa shape index (κ1) is 14.4. The van der Waals surface area contributed by atoms with Crippen LogP contribution in [0.2, 0.25) is 0 Å². The Morgan fingerprint density at radius 1 is 1.19 bits per heavy atom. The molecule has 3 rings (SSSR count). The Balaban J connectivity index is 2.12. The summed E-state index contributed by atoms with van der Waals surface area (Å²) < 4.78 is 6.90. The van der Waals surface area contributed by atoms with E-state index >= 15 is 0 Å². The monoisotopic (exact) mass is 346 g/mol. The lowest BCUT2D eigenvalue weighted by atomic mass is 10.0. The fraction of sp³-hybridized carbons (Fsp3) is 0.294. The fourth-order valence-corrected chi connectivity index (χ4v) is 3.09. The summed E-state index contributed by atoms with van der Waals surface area (Å²) >= 11 is 3.54. The van der Waals surface area contributed by atoms with Crippen molar-refractivity contribution in [2.75, 3.05) is 18.1 Å². The lowest BCUT2D eigenvalue weighted by Gasteiger charge is -2.27. The first-order chi connectivity index (χ1) is 10.2. The van der Waals surface area contributed by atoms with Crippen LogP contribution in [0.4, 0.5) is 11.4 Å². The molecule has 21 heavy (non-hydrogen) atoms. The lowest BCUT2D eigenvalue weighted by Crippen LogP contribution is -2.21. The number of halogens is 1. The van der Waals surface area contributed by atoms with Gasteiger partial charge in [0.25, 0.3) is 0 Å². The third kappa shape index (κ3) is 2.92. The normalized spacial score (nSPS) is 15.9. The standard InChI is InChI=1S/C17H19BrN2O/c1-12(19)14-11-13(18)7-8-15(14)20-9-4-10-21-17-6-3-2-5-16(17)20/h2-3,5-8,11-12H,4,9-10,19H2,1H3. The number of nitrogens with two attached hydrogens (primary N) is 1. The van der Waals surface area contributed by atoms with Crippen LogP contribution in [0.3, 0.4) is 0 Å². The van der Waals surface area contributed by atoms with Crippen LogP contribution < -0.4 is 15.4 Å². The van der Waals surface area contributed by atoms with E-state index in [0.717, 1.165) is 46.7 Å². The average Bonchev–Trinajstić information content (AvgIpc) is 2.69. The zero-order valence-corrected chi connectivity index (χ0v) is 13.6. The van der Waals surface area contributed by atoms with Gasteiger partial charge >= 0.3 is 0 Å². The van der Waals surface area contributed by atoms with Crippen molar-refractivity contribution in [1.29, 1.82) is 0 Å². The molecule has 0 saturated heterocycles. The molecule has 4 heteroatoms. The number of hydrogen-bond donors (Lipinski definition) is 1. The number of hydrogen-bond acceptors (Lipinski definition) is 3. The Kier molecular flexibility index (Phi) is 4.17. The molecule has 1 heterocycles. The number of nitrogens with zero attached hydrogens (tertiary/aromatic N) is 1. The van der Waals surface area contributed by atoms with Crippen LogP contribution in [0.25, 0.3) is 0 Å². The van der Waals surface area contributed by atoms with Gasteiger partial charge in [-0.05, 0) is 49.2 Å². The molecule has 2 N–H and O–H groups in total. The smallest absolute Gasteiger partial charge is 0.142 e. The van der Waals surface area contributed by atoms with E-state index in [1.165, 1.54) is 0 Å². The van der Waals surface area contributed by atoms with Gasteiger partial charge in [0, 0.05) is 22.7 Å². The third-order valence-electron chi connectivity index (χ3n) is 3.71. The number of para-hydroxylation sites is 2. The third-order valence-corrected chi connectivity index (χ3v) is 4.20. The largest absolute Gasteiger partial charge is 0.491 e. The maximum absolute atomic E-state index is 6.17. The minimum Gasteiger partial charge on any atom is -0.491 e. The highest BCUT2D eigenvalue weighted by molar-refractivity contribution is 9.10. The minimum absolute atomic E-state index is 0.0196. The van der Waals surface area contributed by atoms with E-state index in [4.69, 9.17) is 10.5 Å². The molecule has 0 aromatic heterocycles. The number of fused-ring (bicyclic) bond motifs is 1. The van der Waals surface area contributed by atoms with Gasteiger partial charge in [-0.2, -0.15) is 0 Å². The van der Waals surface area contributed by atoms with E-state index in [1.807, 2.05) is 25.1 Å². The summed E-state index contributed by atoms with van der Waals surface area (Å²) in [5.41, 5.74) is 9.58. The molecular formula is C17H19BrN2O. The van der Waals surface area contributed by atoms with Gasteiger partial charge in [0.15, 0.2) is 0 Å². The van der Waals surface area contributed by atoms with Crippen LogP contribution in [0.1, 0.15) is 24.9 Å². The average molecular weight is 347 g/mol. The molecule has 3 nitrogen and oxygen atoms in total. The number of ether oxygens (including phenoxy) is 1. The lowest BCUT2D eigenvalue weighted by molar-refractivity contribution is 0.322. The quantitative estimate of drug-likeness (QED) is 0.876. The van der Waals surface area contributed by atoms with E-state index in [2.05, 4.69) is 45.1 Å². The second-order valence-electron chi connectivity index (χ2n) is 5.31. The van der Waals surface area contributed by atoms with Crippen LogP contribution in [0.15, 0.2) is 46.9 Å². The van der Waals surface area contributed by atoms with Crippen LogP contribution in [-0.2, 0) is 0 Å². The van der Waals surface area contributed by atoms with Gasteiger partial charge in [0.05, 0.1) is 12.3 Å².